The lowest BCUT2D eigenvalue weighted by atomic mass is 10.1. The van der Waals surface area contributed by atoms with Gasteiger partial charge in [-0.2, -0.15) is 0 Å². The molecule has 4 rings (SSSR count). The number of aromatic nitrogens is 5. The van der Waals surface area contributed by atoms with Crippen molar-refractivity contribution in [1.82, 2.24) is 25.2 Å². The fourth-order valence-corrected chi connectivity index (χ4v) is 2.80. The minimum atomic E-state index is -0.468. The Labute approximate surface area is 153 Å². The SMILES string of the molecule is C[C@@H]1CN(c2ccc(-c3ccc(Nc4nnnn4C)nc3)c(F)c2)C(=O)O1. The van der Waals surface area contributed by atoms with Gasteiger partial charge in [-0.25, -0.2) is 18.9 Å². The number of aryl methyl sites for hydroxylation is 1. The summed E-state index contributed by atoms with van der Waals surface area (Å²) in [7, 11) is 1.70. The number of nitrogens with zero attached hydrogens (tertiary/aromatic N) is 6. The summed E-state index contributed by atoms with van der Waals surface area (Å²) in [4.78, 5) is 17.5. The normalized spacial score (nSPS) is 16.5. The van der Waals surface area contributed by atoms with Gasteiger partial charge in [0.15, 0.2) is 0 Å². The summed E-state index contributed by atoms with van der Waals surface area (Å²) >= 11 is 0. The molecule has 0 bridgehead atoms. The Bertz CT molecular complexity index is 989. The van der Waals surface area contributed by atoms with Crippen LogP contribution >= 0.6 is 0 Å². The molecule has 0 aliphatic carbocycles. The van der Waals surface area contributed by atoms with Crippen molar-refractivity contribution in [1.29, 1.82) is 0 Å². The van der Waals surface area contributed by atoms with Crippen LogP contribution in [0.2, 0.25) is 0 Å². The summed E-state index contributed by atoms with van der Waals surface area (Å²) in [5, 5.41) is 14.0. The second kappa shape index (κ2) is 6.63. The van der Waals surface area contributed by atoms with Crippen LogP contribution < -0.4 is 10.2 Å². The number of nitrogens with one attached hydrogen (secondary N) is 1. The number of benzene rings is 1. The van der Waals surface area contributed by atoms with E-state index in [0.717, 1.165) is 0 Å². The summed E-state index contributed by atoms with van der Waals surface area (Å²) in [6.07, 6.45) is 0.870. The number of carbonyl (C=O) groups excluding carboxylic acids is 1. The Morgan fingerprint density at radius 2 is 2.15 bits per heavy atom. The summed E-state index contributed by atoms with van der Waals surface area (Å²) in [5.74, 6) is 0.528. The maximum Gasteiger partial charge on any atom is 0.414 e. The largest absolute Gasteiger partial charge is 0.444 e. The fourth-order valence-electron chi connectivity index (χ4n) is 2.80. The first-order valence-electron chi connectivity index (χ1n) is 8.25. The quantitative estimate of drug-likeness (QED) is 0.754. The molecule has 9 nitrogen and oxygen atoms in total. The molecule has 0 spiro atoms. The number of anilines is 3. The number of cyclic esters (lactones) is 1. The van der Waals surface area contributed by atoms with Crippen LogP contribution in [0.15, 0.2) is 36.5 Å². The van der Waals surface area contributed by atoms with E-state index in [1.165, 1.54) is 15.6 Å². The van der Waals surface area contributed by atoms with Crippen molar-refractivity contribution in [2.75, 3.05) is 16.8 Å². The lowest BCUT2D eigenvalue weighted by molar-refractivity contribution is 0.150. The number of tetrazole rings is 1. The first-order chi connectivity index (χ1) is 13.0. The monoisotopic (exact) mass is 369 g/mol. The fraction of sp³-hybridized carbons (Fsp3) is 0.235. The van der Waals surface area contributed by atoms with E-state index in [9.17, 15) is 9.18 Å². The number of hydrogen-bond acceptors (Lipinski definition) is 7. The van der Waals surface area contributed by atoms with Gasteiger partial charge in [-0.05, 0) is 47.7 Å². The summed E-state index contributed by atoms with van der Waals surface area (Å²) in [6, 6.07) is 8.08. The highest BCUT2D eigenvalue weighted by atomic mass is 19.1. The highest BCUT2D eigenvalue weighted by molar-refractivity contribution is 5.90. The van der Waals surface area contributed by atoms with Crippen molar-refractivity contribution in [2.45, 2.75) is 13.0 Å². The Balaban J connectivity index is 1.55. The number of pyridine rings is 1. The van der Waals surface area contributed by atoms with Gasteiger partial charge in [-0.15, -0.1) is 0 Å². The second-order valence-corrected chi connectivity index (χ2v) is 6.15. The van der Waals surface area contributed by atoms with Gasteiger partial charge in [-0.3, -0.25) is 4.90 Å². The second-order valence-electron chi connectivity index (χ2n) is 6.15. The summed E-state index contributed by atoms with van der Waals surface area (Å²) in [6.45, 7) is 2.19. The van der Waals surface area contributed by atoms with Gasteiger partial charge in [0.25, 0.3) is 0 Å². The van der Waals surface area contributed by atoms with Crippen LogP contribution in [0.5, 0.6) is 0 Å². The Morgan fingerprint density at radius 3 is 2.74 bits per heavy atom. The van der Waals surface area contributed by atoms with Gasteiger partial charge in [0, 0.05) is 24.4 Å². The number of rotatable bonds is 4. The van der Waals surface area contributed by atoms with Crippen molar-refractivity contribution >= 4 is 23.5 Å². The van der Waals surface area contributed by atoms with Gasteiger partial charge < -0.3 is 10.1 Å². The van der Waals surface area contributed by atoms with E-state index in [0.29, 0.717) is 35.1 Å². The summed E-state index contributed by atoms with van der Waals surface area (Å²) < 4.78 is 21.2. The minimum absolute atomic E-state index is 0.214. The van der Waals surface area contributed by atoms with Crippen molar-refractivity contribution in [3.63, 3.8) is 0 Å². The number of ether oxygens (including phenoxy) is 1. The molecule has 1 aliphatic rings. The molecule has 3 aromatic rings. The molecule has 1 amide bonds. The van der Waals surface area contributed by atoms with Crippen LogP contribution in [0.25, 0.3) is 11.1 Å². The lowest BCUT2D eigenvalue weighted by Gasteiger charge is -2.14. The molecule has 1 saturated heterocycles. The maximum atomic E-state index is 14.6. The molecule has 1 atom stereocenters. The third-order valence-electron chi connectivity index (χ3n) is 4.16. The first kappa shape index (κ1) is 16.9. The zero-order chi connectivity index (χ0) is 19.0. The van der Waals surface area contributed by atoms with Gasteiger partial charge in [0.1, 0.15) is 17.7 Å². The molecular formula is C17H16FN7O2. The molecular weight excluding hydrogens is 353 g/mol. The predicted octanol–water partition coefficient (Wildman–Crippen LogP) is 2.50. The molecule has 1 fully saturated rings. The van der Waals surface area contributed by atoms with Crippen LogP contribution in [-0.2, 0) is 11.8 Å². The predicted molar refractivity (Wildman–Crippen MR) is 95.0 cm³/mol. The maximum absolute atomic E-state index is 14.6. The van der Waals surface area contributed by atoms with Crippen molar-refractivity contribution in [2.24, 2.45) is 7.05 Å². The van der Waals surface area contributed by atoms with Crippen molar-refractivity contribution in [3.8, 4) is 11.1 Å². The molecule has 2 aromatic heterocycles. The number of halogens is 1. The van der Waals surface area contributed by atoms with Gasteiger partial charge in [-0.1, -0.05) is 5.10 Å². The van der Waals surface area contributed by atoms with E-state index in [1.54, 1.807) is 44.4 Å². The van der Waals surface area contributed by atoms with Gasteiger partial charge >= 0.3 is 6.09 Å². The summed E-state index contributed by atoms with van der Waals surface area (Å²) in [5.41, 5.74) is 1.46. The third-order valence-corrected chi connectivity index (χ3v) is 4.16. The topological polar surface area (TPSA) is 98.1 Å². The molecule has 10 heteroatoms. The number of hydrogen-bond donors (Lipinski definition) is 1. The van der Waals surface area contributed by atoms with E-state index >= 15 is 0 Å². The van der Waals surface area contributed by atoms with Crippen LogP contribution in [0.1, 0.15) is 6.92 Å². The minimum Gasteiger partial charge on any atom is -0.444 e. The van der Waals surface area contributed by atoms with Gasteiger partial charge in [0.2, 0.25) is 5.95 Å². The standard InChI is InChI=1S/C17H16FN7O2/c1-10-9-25(17(26)27-10)12-4-5-13(14(18)7-12)11-3-6-15(19-8-11)20-16-21-22-23-24(16)2/h3-8,10H,9H2,1-2H3,(H,19,20,21,23)/t10-/m1/s1. The van der Waals surface area contributed by atoms with Crippen LogP contribution in [0, 0.1) is 5.82 Å². The smallest absolute Gasteiger partial charge is 0.414 e. The van der Waals surface area contributed by atoms with Crippen LogP contribution in [0.3, 0.4) is 0 Å². The molecule has 1 aliphatic heterocycles. The highest BCUT2D eigenvalue weighted by Gasteiger charge is 2.29. The average Bonchev–Trinajstić information content (AvgIpc) is 3.20. The highest BCUT2D eigenvalue weighted by Crippen LogP contribution is 2.29. The number of carbonyl (C=O) groups is 1. The zero-order valence-electron chi connectivity index (χ0n) is 14.6. The van der Waals surface area contributed by atoms with Gasteiger partial charge in [0.05, 0.1) is 12.2 Å². The molecule has 3 heterocycles. The van der Waals surface area contributed by atoms with E-state index in [2.05, 4.69) is 25.8 Å². The molecule has 0 saturated carbocycles. The van der Waals surface area contributed by atoms with Crippen LogP contribution in [-0.4, -0.2) is 43.9 Å². The third kappa shape index (κ3) is 3.28. The number of amides is 1. The Kier molecular flexibility index (Phi) is 4.15. The molecule has 0 unspecified atom stereocenters. The Morgan fingerprint density at radius 1 is 1.30 bits per heavy atom. The zero-order valence-corrected chi connectivity index (χ0v) is 14.6. The van der Waals surface area contributed by atoms with Crippen molar-refractivity contribution < 1.29 is 13.9 Å². The molecule has 1 N–H and O–H groups in total. The first-order valence-corrected chi connectivity index (χ1v) is 8.25. The van der Waals surface area contributed by atoms with Crippen molar-refractivity contribution in [3.05, 3.63) is 42.3 Å². The molecule has 1 aromatic carbocycles. The van der Waals surface area contributed by atoms with Crippen LogP contribution in [0.4, 0.5) is 26.6 Å². The Hall–Kier alpha value is -3.56. The average molecular weight is 369 g/mol. The lowest BCUT2D eigenvalue weighted by Crippen LogP contribution is -2.24. The van der Waals surface area contributed by atoms with E-state index in [4.69, 9.17) is 4.74 Å². The van der Waals surface area contributed by atoms with E-state index in [-0.39, 0.29) is 6.10 Å². The molecule has 0 radical (unpaired) electrons. The van der Waals surface area contributed by atoms with E-state index in [1.807, 2.05) is 0 Å². The molecule has 27 heavy (non-hydrogen) atoms. The molecule has 138 valence electrons. The van der Waals surface area contributed by atoms with E-state index < -0.39 is 11.9 Å².